The van der Waals surface area contributed by atoms with Gasteiger partial charge in [0.1, 0.15) is 6.04 Å². The van der Waals surface area contributed by atoms with Crippen LogP contribution in [0.3, 0.4) is 0 Å². The van der Waals surface area contributed by atoms with E-state index in [-0.39, 0.29) is 25.8 Å². The van der Waals surface area contributed by atoms with Crippen LogP contribution in [0.15, 0.2) is 0 Å². The molecule has 2 aliphatic heterocycles. The van der Waals surface area contributed by atoms with Crippen molar-refractivity contribution in [2.24, 2.45) is 5.92 Å². The first-order chi connectivity index (χ1) is 6.22. The van der Waals surface area contributed by atoms with Gasteiger partial charge in [0.15, 0.2) is 0 Å². The minimum atomic E-state index is -0.175. The van der Waals surface area contributed by atoms with E-state index in [1.807, 2.05) is 0 Å². The molecule has 4 nitrogen and oxygen atoms in total. The fourth-order valence-corrected chi connectivity index (χ4v) is 2.12. The normalized spacial score (nSPS) is 33.2. The lowest BCUT2D eigenvalue weighted by atomic mass is 10.0. The molecule has 1 N–H and O–H groups in total. The van der Waals surface area contributed by atoms with Gasteiger partial charge in [0, 0.05) is 7.97 Å². The van der Waals surface area contributed by atoms with Crippen molar-refractivity contribution < 1.29 is 11.0 Å². The third kappa shape index (κ3) is 1.30. The Morgan fingerprint density at radius 1 is 1.62 bits per heavy atom. The number of hydrogen-bond acceptors (Lipinski definition) is 2. The average Bonchev–Trinajstić information content (AvgIpc) is 2.56. The summed E-state index contributed by atoms with van der Waals surface area (Å²) in [6, 6.07) is -0.175. The van der Waals surface area contributed by atoms with E-state index in [4.69, 9.17) is 0 Å². The molecule has 2 aliphatic rings. The summed E-state index contributed by atoms with van der Waals surface area (Å²) < 4.78 is 0. The maximum absolute atomic E-state index is 11.4. The molecule has 4 heteroatoms. The summed E-state index contributed by atoms with van der Waals surface area (Å²) in [5.41, 5.74) is 0. The third-order valence-electron chi connectivity index (χ3n) is 3.00. The molecule has 13 heavy (non-hydrogen) atoms. The largest absolute Gasteiger partial charge is 0.345 e. The molecule has 2 amide bonds. The second-order valence-corrected chi connectivity index (χ2v) is 3.79. The molecule has 2 fully saturated rings. The van der Waals surface area contributed by atoms with E-state index in [0.29, 0.717) is 5.92 Å². The molecule has 2 saturated heterocycles. The molecule has 0 saturated carbocycles. The van der Waals surface area contributed by atoms with Gasteiger partial charge in [-0.05, 0) is 12.3 Å². The summed E-state index contributed by atoms with van der Waals surface area (Å²) >= 11 is 0. The number of nitrogens with one attached hydrogen (secondary N) is 1. The first-order valence-electron chi connectivity index (χ1n) is 4.79. The molecule has 0 aliphatic carbocycles. The van der Waals surface area contributed by atoms with Gasteiger partial charge in [-0.1, -0.05) is 13.3 Å². The minimum absolute atomic E-state index is 0. The predicted molar refractivity (Wildman–Crippen MR) is 49.0 cm³/mol. The maximum atomic E-state index is 11.4. The highest BCUT2D eigenvalue weighted by Crippen LogP contribution is 2.27. The van der Waals surface area contributed by atoms with Gasteiger partial charge in [0.05, 0.1) is 6.54 Å². The molecule has 2 atom stereocenters. The van der Waals surface area contributed by atoms with E-state index in [2.05, 4.69) is 12.2 Å². The first-order valence-corrected chi connectivity index (χ1v) is 4.79. The van der Waals surface area contributed by atoms with Crippen molar-refractivity contribution in [3.8, 4) is 0 Å². The standard InChI is InChI=1S/C9H14N2O2.H2/c1-2-6-3-7-9(13)10-4-8(12)11(7)5-6;/h6-7H,2-5H2,1H3,(H,10,13);1H. The summed E-state index contributed by atoms with van der Waals surface area (Å²) in [6.45, 7) is 3.06. The second kappa shape index (κ2) is 3.01. The van der Waals surface area contributed by atoms with Gasteiger partial charge in [0.2, 0.25) is 11.8 Å². The second-order valence-electron chi connectivity index (χ2n) is 3.79. The van der Waals surface area contributed by atoms with Gasteiger partial charge in [-0.3, -0.25) is 9.59 Å². The van der Waals surface area contributed by atoms with E-state index in [1.54, 1.807) is 4.90 Å². The molecular weight excluding hydrogens is 168 g/mol. The lowest BCUT2D eigenvalue weighted by Gasteiger charge is -2.28. The molecule has 2 unspecified atom stereocenters. The molecule has 0 spiro atoms. The Bertz CT molecular complexity index is 233. The Labute approximate surface area is 78.8 Å². The number of rotatable bonds is 1. The number of carbonyl (C=O) groups is 2. The van der Waals surface area contributed by atoms with Crippen LogP contribution in [0.2, 0.25) is 0 Å². The highest BCUT2D eigenvalue weighted by atomic mass is 16.2. The maximum Gasteiger partial charge on any atom is 0.243 e. The van der Waals surface area contributed by atoms with E-state index in [0.717, 1.165) is 19.4 Å². The predicted octanol–water partition coefficient (Wildman–Crippen LogP) is -0.0107. The van der Waals surface area contributed by atoms with Crippen LogP contribution in [0.4, 0.5) is 0 Å². The number of carbonyl (C=O) groups excluding carboxylic acids is 2. The summed E-state index contributed by atoms with van der Waals surface area (Å²) in [4.78, 5) is 24.5. The van der Waals surface area contributed by atoms with E-state index in [9.17, 15) is 9.59 Å². The van der Waals surface area contributed by atoms with Gasteiger partial charge < -0.3 is 10.2 Å². The Balaban J connectivity index is 0.000000980. The molecule has 0 bridgehead atoms. The topological polar surface area (TPSA) is 49.4 Å². The quantitative estimate of drug-likeness (QED) is 0.623. The Kier molecular flexibility index (Phi) is 1.98. The molecule has 2 heterocycles. The Morgan fingerprint density at radius 2 is 2.38 bits per heavy atom. The zero-order valence-electron chi connectivity index (χ0n) is 7.75. The van der Waals surface area contributed by atoms with Crippen molar-refractivity contribution in [2.75, 3.05) is 13.1 Å². The third-order valence-corrected chi connectivity index (χ3v) is 3.00. The van der Waals surface area contributed by atoms with Crippen LogP contribution < -0.4 is 5.32 Å². The summed E-state index contributed by atoms with van der Waals surface area (Å²) in [5, 5.41) is 2.62. The van der Waals surface area contributed by atoms with Crippen molar-refractivity contribution in [1.29, 1.82) is 0 Å². The van der Waals surface area contributed by atoms with Gasteiger partial charge >= 0.3 is 0 Å². The van der Waals surface area contributed by atoms with Crippen LogP contribution in [0.25, 0.3) is 0 Å². The Hall–Kier alpha value is -1.06. The smallest absolute Gasteiger partial charge is 0.243 e. The number of hydrogen-bond donors (Lipinski definition) is 1. The van der Waals surface area contributed by atoms with Crippen molar-refractivity contribution in [3.05, 3.63) is 0 Å². The van der Waals surface area contributed by atoms with Gasteiger partial charge in [-0.25, -0.2) is 0 Å². The van der Waals surface area contributed by atoms with E-state index >= 15 is 0 Å². The van der Waals surface area contributed by atoms with Gasteiger partial charge in [-0.15, -0.1) is 0 Å². The number of piperazine rings is 1. The fraction of sp³-hybridized carbons (Fsp3) is 0.778. The summed E-state index contributed by atoms with van der Waals surface area (Å²) in [5.74, 6) is 0.605. The fourth-order valence-electron chi connectivity index (χ4n) is 2.12. The molecule has 2 rings (SSSR count). The van der Waals surface area contributed by atoms with Crippen LogP contribution >= 0.6 is 0 Å². The highest BCUT2D eigenvalue weighted by molar-refractivity contribution is 5.95. The van der Waals surface area contributed by atoms with Crippen LogP contribution in [0.1, 0.15) is 21.2 Å². The lowest BCUT2D eigenvalue weighted by Crippen LogP contribution is -2.55. The van der Waals surface area contributed by atoms with Crippen molar-refractivity contribution >= 4 is 11.8 Å². The number of amides is 2. The molecule has 74 valence electrons. The van der Waals surface area contributed by atoms with Crippen LogP contribution in [0, 0.1) is 5.92 Å². The molecule has 0 radical (unpaired) electrons. The van der Waals surface area contributed by atoms with Gasteiger partial charge in [0.25, 0.3) is 0 Å². The summed E-state index contributed by atoms with van der Waals surface area (Å²) in [6.07, 6.45) is 1.89. The van der Waals surface area contributed by atoms with Crippen LogP contribution in [-0.2, 0) is 9.59 Å². The summed E-state index contributed by atoms with van der Waals surface area (Å²) in [7, 11) is 0. The highest BCUT2D eigenvalue weighted by Gasteiger charge is 2.41. The monoisotopic (exact) mass is 184 g/mol. The van der Waals surface area contributed by atoms with Crippen molar-refractivity contribution in [1.82, 2.24) is 10.2 Å². The van der Waals surface area contributed by atoms with Crippen molar-refractivity contribution in [3.63, 3.8) is 0 Å². The minimum Gasteiger partial charge on any atom is -0.345 e. The zero-order chi connectivity index (χ0) is 9.42. The zero-order valence-corrected chi connectivity index (χ0v) is 7.75. The number of fused-ring (bicyclic) bond motifs is 1. The molecule has 0 aromatic carbocycles. The van der Waals surface area contributed by atoms with Gasteiger partial charge in [-0.2, -0.15) is 0 Å². The number of nitrogens with zero attached hydrogens (tertiary/aromatic N) is 1. The van der Waals surface area contributed by atoms with E-state index < -0.39 is 0 Å². The van der Waals surface area contributed by atoms with Crippen molar-refractivity contribution in [2.45, 2.75) is 25.8 Å². The average molecular weight is 184 g/mol. The van der Waals surface area contributed by atoms with E-state index in [1.165, 1.54) is 0 Å². The lowest BCUT2D eigenvalue weighted by molar-refractivity contribution is -0.143. The Morgan fingerprint density at radius 3 is 3.00 bits per heavy atom. The molecule has 0 aromatic heterocycles. The van der Waals surface area contributed by atoms with Crippen LogP contribution in [-0.4, -0.2) is 35.8 Å². The molecular formula is C9H16N2O2. The SMILES string of the molecule is CCC1CC2C(=O)NCC(=O)N2C1.[HH]. The van der Waals surface area contributed by atoms with Crippen LogP contribution in [0.5, 0.6) is 0 Å². The molecule has 0 aromatic rings. The first kappa shape index (κ1) is 8.53.